The van der Waals surface area contributed by atoms with Gasteiger partial charge in [-0.05, 0) is 32.9 Å². The van der Waals surface area contributed by atoms with E-state index in [9.17, 15) is 0 Å². The van der Waals surface area contributed by atoms with Crippen molar-refractivity contribution in [1.29, 1.82) is 0 Å². The molecular weight excluding hydrogens is 242 g/mol. The molecule has 0 aromatic carbocycles. The number of hydrogen-bond donors (Lipinski definition) is 0. The van der Waals surface area contributed by atoms with Gasteiger partial charge in [0.1, 0.15) is 0 Å². The second kappa shape index (κ2) is 5.13. The first-order valence-electron chi connectivity index (χ1n) is 6.71. The van der Waals surface area contributed by atoms with Gasteiger partial charge in [-0.2, -0.15) is 10.1 Å². The average molecular weight is 261 g/mol. The van der Waals surface area contributed by atoms with Crippen molar-refractivity contribution in [3.05, 3.63) is 29.7 Å². The zero-order chi connectivity index (χ0) is 13.2. The molecule has 1 saturated heterocycles. The molecule has 1 fully saturated rings. The van der Waals surface area contributed by atoms with E-state index in [2.05, 4.69) is 26.3 Å². The van der Waals surface area contributed by atoms with Gasteiger partial charge in [0.15, 0.2) is 5.82 Å². The van der Waals surface area contributed by atoms with Crippen LogP contribution in [0, 0.1) is 6.92 Å². The van der Waals surface area contributed by atoms with Crippen molar-refractivity contribution in [3.8, 4) is 0 Å². The highest BCUT2D eigenvalue weighted by atomic mass is 16.5. The summed E-state index contributed by atoms with van der Waals surface area (Å²) < 4.78 is 7.12. The molecule has 1 aliphatic rings. The first-order valence-corrected chi connectivity index (χ1v) is 6.71. The number of rotatable bonds is 3. The largest absolute Gasteiger partial charge is 0.339 e. The number of aromatic nitrogens is 4. The molecule has 6 nitrogen and oxygen atoms in total. The van der Waals surface area contributed by atoms with E-state index in [0.717, 1.165) is 44.2 Å². The molecule has 0 saturated carbocycles. The maximum Gasteiger partial charge on any atom is 0.229 e. The van der Waals surface area contributed by atoms with Gasteiger partial charge in [0, 0.05) is 31.3 Å². The lowest BCUT2D eigenvalue weighted by molar-refractivity contribution is 0.187. The second-order valence-corrected chi connectivity index (χ2v) is 5.25. The van der Waals surface area contributed by atoms with Gasteiger partial charge in [0.05, 0.1) is 6.20 Å². The fourth-order valence-corrected chi connectivity index (χ4v) is 2.63. The van der Waals surface area contributed by atoms with E-state index in [1.165, 1.54) is 5.56 Å². The number of likely N-dealkylation sites (tertiary alicyclic amines) is 1. The van der Waals surface area contributed by atoms with E-state index in [0.29, 0.717) is 5.92 Å². The molecule has 0 bridgehead atoms. The van der Waals surface area contributed by atoms with Gasteiger partial charge < -0.3 is 4.52 Å². The predicted molar refractivity (Wildman–Crippen MR) is 69.5 cm³/mol. The Balaban J connectivity index is 1.54. The minimum atomic E-state index is 0.423. The van der Waals surface area contributed by atoms with E-state index < -0.39 is 0 Å². The summed E-state index contributed by atoms with van der Waals surface area (Å²) in [5.74, 6) is 1.96. The van der Waals surface area contributed by atoms with Crippen molar-refractivity contribution in [2.75, 3.05) is 13.1 Å². The summed E-state index contributed by atoms with van der Waals surface area (Å²) >= 11 is 0. The van der Waals surface area contributed by atoms with Crippen LogP contribution in [0.2, 0.25) is 0 Å². The minimum absolute atomic E-state index is 0.423. The van der Waals surface area contributed by atoms with Crippen LogP contribution in [0.15, 0.2) is 16.9 Å². The van der Waals surface area contributed by atoms with Gasteiger partial charge in [-0.1, -0.05) is 5.16 Å². The van der Waals surface area contributed by atoms with Gasteiger partial charge in [-0.25, -0.2) is 0 Å². The summed E-state index contributed by atoms with van der Waals surface area (Å²) in [4.78, 5) is 6.79. The van der Waals surface area contributed by atoms with Crippen LogP contribution in [0.3, 0.4) is 0 Å². The smallest absolute Gasteiger partial charge is 0.229 e. The van der Waals surface area contributed by atoms with Crippen molar-refractivity contribution in [3.63, 3.8) is 0 Å². The predicted octanol–water partition coefficient (Wildman–Crippen LogP) is 1.49. The lowest BCUT2D eigenvalue weighted by atomic mass is 9.96. The van der Waals surface area contributed by atoms with E-state index in [4.69, 9.17) is 4.52 Å². The normalized spacial score (nSPS) is 18.0. The molecule has 0 unspecified atom stereocenters. The van der Waals surface area contributed by atoms with E-state index in [-0.39, 0.29) is 0 Å². The Morgan fingerprint density at radius 3 is 2.74 bits per heavy atom. The van der Waals surface area contributed by atoms with Crippen LogP contribution in [-0.4, -0.2) is 37.9 Å². The summed E-state index contributed by atoms with van der Waals surface area (Å²) in [6, 6.07) is 0. The molecule has 2 aromatic rings. The number of hydrogen-bond acceptors (Lipinski definition) is 5. The van der Waals surface area contributed by atoms with Crippen molar-refractivity contribution >= 4 is 0 Å². The molecule has 102 valence electrons. The molecule has 1 aliphatic heterocycles. The summed E-state index contributed by atoms with van der Waals surface area (Å²) in [6.45, 7) is 4.98. The fraction of sp³-hybridized carbons (Fsp3) is 0.615. The van der Waals surface area contributed by atoms with E-state index >= 15 is 0 Å². The molecule has 3 rings (SSSR count). The lowest BCUT2D eigenvalue weighted by Crippen LogP contribution is -2.32. The third-order valence-electron chi connectivity index (χ3n) is 3.64. The van der Waals surface area contributed by atoms with Crippen molar-refractivity contribution < 1.29 is 4.52 Å². The minimum Gasteiger partial charge on any atom is -0.339 e. The van der Waals surface area contributed by atoms with E-state index in [1.54, 1.807) is 0 Å². The van der Waals surface area contributed by atoms with Crippen LogP contribution >= 0.6 is 0 Å². The third-order valence-corrected chi connectivity index (χ3v) is 3.64. The standard InChI is InChI=1S/C13H19N5O/c1-10-15-13(19-16-10)12-3-5-18(6-4-12)9-11-7-14-17(2)8-11/h7-8,12H,3-6,9H2,1-2H3. The summed E-state index contributed by atoms with van der Waals surface area (Å²) in [7, 11) is 1.95. The summed E-state index contributed by atoms with van der Waals surface area (Å²) in [5, 5.41) is 8.07. The highest BCUT2D eigenvalue weighted by Gasteiger charge is 2.24. The fourth-order valence-electron chi connectivity index (χ4n) is 2.63. The Hall–Kier alpha value is -1.69. The molecule has 0 atom stereocenters. The molecule has 0 radical (unpaired) electrons. The van der Waals surface area contributed by atoms with Gasteiger partial charge >= 0.3 is 0 Å². The Bertz CT molecular complexity index is 539. The molecule has 0 aliphatic carbocycles. The third kappa shape index (κ3) is 2.84. The second-order valence-electron chi connectivity index (χ2n) is 5.25. The number of piperidine rings is 1. The lowest BCUT2D eigenvalue weighted by Gasteiger charge is -2.29. The topological polar surface area (TPSA) is 60.0 Å². The molecule has 19 heavy (non-hydrogen) atoms. The highest BCUT2D eigenvalue weighted by Crippen LogP contribution is 2.27. The monoisotopic (exact) mass is 261 g/mol. The maximum absolute atomic E-state index is 5.27. The van der Waals surface area contributed by atoms with E-state index in [1.807, 2.05) is 24.9 Å². The van der Waals surface area contributed by atoms with Crippen LogP contribution in [0.1, 0.15) is 36.0 Å². The van der Waals surface area contributed by atoms with Crippen LogP contribution in [-0.2, 0) is 13.6 Å². The van der Waals surface area contributed by atoms with Gasteiger partial charge in [0.2, 0.25) is 5.89 Å². The van der Waals surface area contributed by atoms with Crippen LogP contribution in [0.5, 0.6) is 0 Å². The zero-order valence-corrected chi connectivity index (χ0v) is 11.4. The molecule has 0 N–H and O–H groups in total. The first-order chi connectivity index (χ1) is 9.20. The molecular formula is C13H19N5O. The Kier molecular flexibility index (Phi) is 3.33. The highest BCUT2D eigenvalue weighted by molar-refractivity contribution is 5.04. The summed E-state index contributed by atoms with van der Waals surface area (Å²) in [6.07, 6.45) is 6.19. The molecule has 3 heterocycles. The maximum atomic E-state index is 5.27. The Labute approximate surface area is 112 Å². The average Bonchev–Trinajstić information content (AvgIpc) is 3.00. The Morgan fingerprint density at radius 1 is 1.37 bits per heavy atom. The van der Waals surface area contributed by atoms with Gasteiger partial charge in [0.25, 0.3) is 0 Å². The first kappa shape index (κ1) is 12.3. The van der Waals surface area contributed by atoms with Crippen LogP contribution in [0.4, 0.5) is 0 Å². The SMILES string of the molecule is Cc1noc(C2CCN(Cc3cnn(C)c3)CC2)n1. The molecule has 2 aromatic heterocycles. The zero-order valence-electron chi connectivity index (χ0n) is 11.4. The van der Waals surface area contributed by atoms with Crippen LogP contribution < -0.4 is 0 Å². The van der Waals surface area contributed by atoms with Gasteiger partial charge in [-0.15, -0.1) is 0 Å². The number of nitrogens with zero attached hydrogens (tertiary/aromatic N) is 5. The van der Waals surface area contributed by atoms with Gasteiger partial charge in [-0.3, -0.25) is 9.58 Å². The van der Waals surface area contributed by atoms with Crippen LogP contribution in [0.25, 0.3) is 0 Å². The van der Waals surface area contributed by atoms with Crippen molar-refractivity contribution in [2.24, 2.45) is 7.05 Å². The quantitative estimate of drug-likeness (QED) is 0.837. The number of aryl methyl sites for hydroxylation is 2. The molecule has 0 spiro atoms. The molecule has 6 heteroatoms. The molecule has 0 amide bonds. The van der Waals surface area contributed by atoms with Crippen molar-refractivity contribution in [1.82, 2.24) is 24.8 Å². The summed E-state index contributed by atoms with van der Waals surface area (Å²) in [5.41, 5.74) is 1.27. The Morgan fingerprint density at radius 2 is 2.16 bits per heavy atom. The van der Waals surface area contributed by atoms with Crippen molar-refractivity contribution in [2.45, 2.75) is 32.2 Å².